The Morgan fingerprint density at radius 2 is 1.65 bits per heavy atom. The zero-order chi connectivity index (χ0) is 15.4. The third-order valence-corrected chi connectivity index (χ3v) is 4.41. The van der Waals surface area contributed by atoms with Gasteiger partial charge in [-0.25, -0.2) is 13.1 Å². The van der Waals surface area contributed by atoms with E-state index in [2.05, 4.69) is 23.9 Å². The van der Waals surface area contributed by atoms with Gasteiger partial charge < -0.3 is 5.32 Å². The highest BCUT2D eigenvalue weighted by atomic mass is 32.2. The maximum atomic E-state index is 12.1. The molecule has 1 aromatic rings. The molecule has 0 amide bonds. The summed E-state index contributed by atoms with van der Waals surface area (Å²) in [6.45, 7) is 10.6. The summed E-state index contributed by atoms with van der Waals surface area (Å²) >= 11 is 0. The minimum Gasteiger partial charge on any atom is -0.314 e. The van der Waals surface area contributed by atoms with Crippen LogP contribution in [0, 0.1) is 0 Å². The third kappa shape index (κ3) is 6.03. The molecular formula is C15H26N2O2S. The molecule has 0 aliphatic heterocycles. The van der Waals surface area contributed by atoms with Crippen LogP contribution in [0.4, 0.5) is 0 Å². The molecule has 0 atom stereocenters. The molecule has 2 N–H and O–H groups in total. The number of benzene rings is 1. The lowest BCUT2D eigenvalue weighted by molar-refractivity contribution is 0.491. The van der Waals surface area contributed by atoms with Gasteiger partial charge in [0, 0.05) is 11.6 Å². The minimum atomic E-state index is -3.43. The molecule has 1 aromatic carbocycles. The van der Waals surface area contributed by atoms with E-state index < -0.39 is 15.6 Å². The summed E-state index contributed by atoms with van der Waals surface area (Å²) in [6.07, 6.45) is 0.894. The summed E-state index contributed by atoms with van der Waals surface area (Å²) < 4.78 is 26.9. The predicted molar refractivity (Wildman–Crippen MR) is 83.4 cm³/mol. The molecule has 0 spiro atoms. The van der Waals surface area contributed by atoms with Crippen molar-refractivity contribution in [3.8, 4) is 0 Å². The topological polar surface area (TPSA) is 58.2 Å². The molecule has 5 heteroatoms. The van der Waals surface area contributed by atoms with Crippen LogP contribution in [0.3, 0.4) is 0 Å². The molecule has 0 heterocycles. The van der Waals surface area contributed by atoms with Gasteiger partial charge in [-0.3, -0.25) is 0 Å². The number of hydrogen-bond donors (Lipinski definition) is 2. The Kier molecular flexibility index (Phi) is 5.74. The normalized spacial score (nSPS) is 12.9. The molecule has 1 rings (SSSR count). The van der Waals surface area contributed by atoms with Gasteiger partial charge in [0.25, 0.3) is 0 Å². The van der Waals surface area contributed by atoms with Gasteiger partial charge in [0.15, 0.2) is 0 Å². The molecule has 0 bridgehead atoms. The fourth-order valence-electron chi connectivity index (χ4n) is 1.80. The van der Waals surface area contributed by atoms with Crippen LogP contribution in [0.1, 0.15) is 40.2 Å². The second-order valence-corrected chi connectivity index (χ2v) is 8.04. The van der Waals surface area contributed by atoms with Crippen molar-refractivity contribution in [3.05, 3.63) is 29.8 Å². The van der Waals surface area contributed by atoms with Crippen LogP contribution in [-0.2, 0) is 16.4 Å². The maximum absolute atomic E-state index is 12.1. The van der Waals surface area contributed by atoms with Crippen molar-refractivity contribution in [1.82, 2.24) is 10.0 Å². The summed E-state index contributed by atoms with van der Waals surface area (Å²) in [7, 11) is -3.43. The highest BCUT2D eigenvalue weighted by Gasteiger charge is 2.21. The third-order valence-electron chi connectivity index (χ3n) is 2.64. The lowest BCUT2D eigenvalue weighted by Crippen LogP contribution is -2.40. The van der Waals surface area contributed by atoms with Crippen molar-refractivity contribution in [1.29, 1.82) is 0 Å². The van der Waals surface area contributed by atoms with Gasteiger partial charge in [-0.1, -0.05) is 26.0 Å². The van der Waals surface area contributed by atoms with Crippen LogP contribution in [0.2, 0.25) is 0 Å². The van der Waals surface area contributed by atoms with E-state index in [1.807, 2.05) is 32.9 Å². The van der Waals surface area contributed by atoms with E-state index in [9.17, 15) is 8.42 Å². The molecule has 0 aliphatic carbocycles. The van der Waals surface area contributed by atoms with E-state index >= 15 is 0 Å². The van der Waals surface area contributed by atoms with E-state index in [0.29, 0.717) is 10.9 Å². The van der Waals surface area contributed by atoms with E-state index in [4.69, 9.17) is 0 Å². The molecule has 0 unspecified atom stereocenters. The van der Waals surface area contributed by atoms with Crippen molar-refractivity contribution in [2.45, 2.75) is 57.5 Å². The quantitative estimate of drug-likeness (QED) is 0.847. The van der Waals surface area contributed by atoms with Crippen LogP contribution < -0.4 is 10.0 Å². The zero-order valence-corrected chi connectivity index (χ0v) is 13.8. The number of hydrogen-bond acceptors (Lipinski definition) is 3. The van der Waals surface area contributed by atoms with Crippen LogP contribution in [0.5, 0.6) is 0 Å². The highest BCUT2D eigenvalue weighted by Crippen LogP contribution is 2.14. The summed E-state index contributed by atoms with van der Waals surface area (Å²) in [5.74, 6) is 0. The van der Waals surface area contributed by atoms with E-state index in [-0.39, 0.29) is 0 Å². The molecule has 0 saturated carbocycles. The minimum absolute atomic E-state index is 0.313. The van der Waals surface area contributed by atoms with Gasteiger partial charge in [-0.15, -0.1) is 0 Å². The van der Waals surface area contributed by atoms with E-state index in [0.717, 1.165) is 18.5 Å². The number of rotatable bonds is 6. The Morgan fingerprint density at radius 3 is 2.10 bits per heavy atom. The van der Waals surface area contributed by atoms with Gasteiger partial charge in [-0.2, -0.15) is 0 Å². The maximum Gasteiger partial charge on any atom is 0.241 e. The van der Waals surface area contributed by atoms with E-state index in [1.165, 1.54) is 0 Å². The van der Waals surface area contributed by atoms with Crippen molar-refractivity contribution < 1.29 is 8.42 Å². The summed E-state index contributed by atoms with van der Waals surface area (Å²) in [5, 5.41) is 3.34. The fraction of sp³-hybridized carbons (Fsp3) is 0.600. The van der Waals surface area contributed by atoms with Gasteiger partial charge in [0.05, 0.1) is 4.90 Å². The first-order valence-electron chi connectivity index (χ1n) is 6.96. The second-order valence-electron chi connectivity index (χ2n) is 6.36. The molecular weight excluding hydrogens is 272 g/mol. The summed E-state index contributed by atoms with van der Waals surface area (Å²) in [5.41, 5.74) is 0.659. The van der Waals surface area contributed by atoms with Crippen molar-refractivity contribution in [3.63, 3.8) is 0 Å². The molecule has 0 aliphatic rings. The molecule has 4 nitrogen and oxygen atoms in total. The monoisotopic (exact) mass is 298 g/mol. The Hall–Kier alpha value is -0.910. The Bertz CT molecular complexity index is 514. The number of nitrogens with one attached hydrogen (secondary N) is 2. The van der Waals surface area contributed by atoms with Crippen LogP contribution >= 0.6 is 0 Å². The number of sulfonamides is 1. The lowest BCUT2D eigenvalue weighted by atomic mass is 10.1. The molecule has 0 radical (unpaired) electrons. The van der Waals surface area contributed by atoms with Crippen molar-refractivity contribution >= 4 is 10.0 Å². The highest BCUT2D eigenvalue weighted by molar-refractivity contribution is 7.89. The first kappa shape index (κ1) is 17.1. The van der Waals surface area contributed by atoms with Gasteiger partial charge in [-0.05, 0) is 51.4 Å². The first-order chi connectivity index (χ1) is 9.10. The van der Waals surface area contributed by atoms with Crippen LogP contribution in [0.15, 0.2) is 29.2 Å². The van der Waals surface area contributed by atoms with Gasteiger partial charge in [0.1, 0.15) is 0 Å². The van der Waals surface area contributed by atoms with Gasteiger partial charge >= 0.3 is 0 Å². The predicted octanol–water partition coefficient (Wildman–Crippen LogP) is 2.30. The zero-order valence-electron chi connectivity index (χ0n) is 13.0. The summed E-state index contributed by atoms with van der Waals surface area (Å²) in [4.78, 5) is 0.313. The smallest absolute Gasteiger partial charge is 0.241 e. The Morgan fingerprint density at radius 1 is 1.10 bits per heavy atom. The SMILES string of the molecule is CC(C)NCCc1ccc(S(=O)(=O)NC(C)(C)C)cc1. The molecule has 114 valence electrons. The Labute approximate surface area is 123 Å². The Balaban J connectivity index is 2.71. The molecule has 0 aromatic heterocycles. The van der Waals surface area contributed by atoms with Crippen LogP contribution in [-0.4, -0.2) is 26.5 Å². The first-order valence-corrected chi connectivity index (χ1v) is 8.45. The van der Waals surface area contributed by atoms with Gasteiger partial charge in [0.2, 0.25) is 10.0 Å². The largest absolute Gasteiger partial charge is 0.314 e. The van der Waals surface area contributed by atoms with E-state index in [1.54, 1.807) is 12.1 Å². The average molecular weight is 298 g/mol. The van der Waals surface area contributed by atoms with Crippen molar-refractivity contribution in [2.24, 2.45) is 0 Å². The lowest BCUT2D eigenvalue weighted by Gasteiger charge is -2.20. The average Bonchev–Trinajstić information content (AvgIpc) is 2.26. The van der Waals surface area contributed by atoms with Crippen molar-refractivity contribution in [2.75, 3.05) is 6.54 Å². The summed E-state index contributed by atoms with van der Waals surface area (Å²) in [6, 6.07) is 7.54. The fourth-order valence-corrected chi connectivity index (χ4v) is 3.22. The molecule has 20 heavy (non-hydrogen) atoms. The standard InChI is InChI=1S/C15H26N2O2S/c1-12(2)16-11-10-13-6-8-14(9-7-13)20(18,19)17-15(3,4)5/h6-9,12,16-17H,10-11H2,1-5H3. The molecule has 0 fully saturated rings. The van der Waals surface area contributed by atoms with Crippen LogP contribution in [0.25, 0.3) is 0 Å². The second kappa shape index (κ2) is 6.70. The molecule has 0 saturated heterocycles.